The summed E-state index contributed by atoms with van der Waals surface area (Å²) in [4.78, 5) is 28.4. The number of halogens is 5. The van der Waals surface area contributed by atoms with E-state index in [4.69, 9.17) is 28.3 Å². The van der Waals surface area contributed by atoms with Crippen LogP contribution in [0.15, 0.2) is 42.6 Å². The number of pyridine rings is 1. The molecule has 3 heterocycles. The van der Waals surface area contributed by atoms with Crippen LogP contribution in [0.5, 0.6) is 0 Å². The molecule has 14 heteroatoms. The maximum atomic E-state index is 13.6. The predicted octanol–water partition coefficient (Wildman–Crippen LogP) is 4.31. The number of carbonyl (C=O) groups is 1. The van der Waals surface area contributed by atoms with Crippen LogP contribution in [0, 0.1) is 0 Å². The molecule has 4 rings (SSSR count). The average molecular weight is 556 g/mol. The van der Waals surface area contributed by atoms with Crippen LogP contribution in [0.25, 0.3) is 0 Å². The molecule has 9 nitrogen and oxygen atoms in total. The summed E-state index contributed by atoms with van der Waals surface area (Å²) in [5, 5.41) is 14.9. The molecule has 0 bridgehead atoms. The molecule has 0 unspecified atom stereocenters. The van der Waals surface area contributed by atoms with Gasteiger partial charge in [-0.15, -0.1) is 0 Å². The summed E-state index contributed by atoms with van der Waals surface area (Å²) in [6.45, 7) is 2.43. The molecule has 2 aromatic heterocycles. The van der Waals surface area contributed by atoms with Crippen molar-refractivity contribution in [3.63, 3.8) is 0 Å². The zero-order valence-corrected chi connectivity index (χ0v) is 20.8. The van der Waals surface area contributed by atoms with Crippen LogP contribution in [0.4, 0.5) is 36.4 Å². The molecule has 3 aromatic rings. The van der Waals surface area contributed by atoms with Crippen molar-refractivity contribution >= 4 is 52.4 Å². The zero-order chi connectivity index (χ0) is 26.6. The number of hydrogen-bond acceptors (Lipinski definition) is 8. The molecule has 0 radical (unpaired) electrons. The highest BCUT2D eigenvalue weighted by molar-refractivity contribution is 6.40. The number of aliphatic hydroxyl groups excluding tert-OH is 1. The van der Waals surface area contributed by atoms with E-state index >= 15 is 0 Å². The fourth-order valence-corrected chi connectivity index (χ4v) is 4.28. The number of carbonyl (C=O) groups excluding carboxylic acids is 1. The second kappa shape index (κ2) is 11.5. The van der Waals surface area contributed by atoms with E-state index in [1.165, 1.54) is 30.5 Å². The Hall–Kier alpha value is -3.19. The number of aliphatic hydroxyl groups is 1. The molecule has 1 saturated heterocycles. The maximum absolute atomic E-state index is 13.6. The number of anilines is 4. The molecule has 0 saturated carbocycles. The number of piperazine rings is 1. The summed E-state index contributed by atoms with van der Waals surface area (Å²) < 4.78 is 40.8. The topological polar surface area (TPSA) is 107 Å². The number of β-amino-alcohol motifs (C(OH)–C–C–N with tert-alkyl or cyclic N) is 1. The maximum Gasteiger partial charge on any atom is 0.433 e. The van der Waals surface area contributed by atoms with Gasteiger partial charge in [0.2, 0.25) is 5.95 Å². The van der Waals surface area contributed by atoms with E-state index in [1.807, 2.05) is 4.90 Å². The Morgan fingerprint density at radius 2 is 1.73 bits per heavy atom. The molecule has 0 atom stereocenters. The van der Waals surface area contributed by atoms with Crippen molar-refractivity contribution in [2.75, 3.05) is 54.9 Å². The van der Waals surface area contributed by atoms with E-state index in [9.17, 15) is 18.0 Å². The predicted molar refractivity (Wildman–Crippen MR) is 135 cm³/mol. The highest BCUT2D eigenvalue weighted by atomic mass is 35.5. The summed E-state index contributed by atoms with van der Waals surface area (Å²) in [5.41, 5.74) is -0.703. The molecular formula is C23H22Cl2F3N7O2. The van der Waals surface area contributed by atoms with E-state index in [1.54, 1.807) is 11.0 Å². The van der Waals surface area contributed by atoms with Gasteiger partial charge in [-0.2, -0.15) is 18.2 Å². The lowest BCUT2D eigenvalue weighted by Crippen LogP contribution is -2.47. The van der Waals surface area contributed by atoms with Crippen LogP contribution < -0.4 is 15.5 Å². The summed E-state index contributed by atoms with van der Waals surface area (Å²) >= 11 is 12.2. The minimum absolute atomic E-state index is 0.00602. The minimum Gasteiger partial charge on any atom is -0.395 e. The van der Waals surface area contributed by atoms with Crippen molar-refractivity contribution in [1.82, 2.24) is 19.9 Å². The molecule has 0 aliphatic carbocycles. The monoisotopic (exact) mass is 555 g/mol. The Labute approximate surface area is 220 Å². The van der Waals surface area contributed by atoms with E-state index in [0.717, 1.165) is 6.07 Å². The van der Waals surface area contributed by atoms with Crippen molar-refractivity contribution in [1.29, 1.82) is 0 Å². The smallest absolute Gasteiger partial charge is 0.395 e. The highest BCUT2D eigenvalue weighted by Crippen LogP contribution is 2.31. The largest absolute Gasteiger partial charge is 0.433 e. The number of nitrogens with one attached hydrogen (secondary N) is 2. The third kappa shape index (κ3) is 6.77. The van der Waals surface area contributed by atoms with E-state index in [-0.39, 0.29) is 39.8 Å². The molecule has 3 N–H and O–H groups in total. The van der Waals surface area contributed by atoms with Gasteiger partial charge in [0, 0.05) is 56.7 Å². The minimum atomic E-state index is -4.69. The molecule has 1 amide bonds. The van der Waals surface area contributed by atoms with Gasteiger partial charge in [0.15, 0.2) is 5.69 Å². The molecule has 1 fully saturated rings. The lowest BCUT2D eigenvalue weighted by molar-refractivity contribution is -0.141. The molecule has 1 aliphatic heterocycles. The van der Waals surface area contributed by atoms with Gasteiger partial charge in [-0.1, -0.05) is 29.3 Å². The Morgan fingerprint density at radius 3 is 2.38 bits per heavy atom. The summed E-state index contributed by atoms with van der Waals surface area (Å²) in [6.07, 6.45) is -3.32. The van der Waals surface area contributed by atoms with Crippen LogP contribution in [0.2, 0.25) is 10.0 Å². The van der Waals surface area contributed by atoms with Gasteiger partial charge in [0.1, 0.15) is 11.6 Å². The molecule has 1 aromatic carbocycles. The average Bonchev–Trinajstić information content (AvgIpc) is 2.84. The standard InChI is InChI=1S/C23H22Cl2F3N7O2/c24-15-2-1-3-16(25)20(15)21(37)30-14-4-5-29-18(12-14)32-19-13-17(23(26,27)28)31-22(33-19)35-8-6-34(7-9-35)10-11-36/h1-5,12-13,36H,6-11H2,(H2,29,30,31,32,33,37). The Kier molecular flexibility index (Phi) is 8.32. The number of benzene rings is 1. The van der Waals surface area contributed by atoms with Gasteiger partial charge < -0.3 is 20.6 Å². The van der Waals surface area contributed by atoms with Gasteiger partial charge in [0.05, 0.1) is 22.2 Å². The van der Waals surface area contributed by atoms with Crippen LogP contribution in [-0.2, 0) is 6.18 Å². The number of alkyl halides is 3. The van der Waals surface area contributed by atoms with Crippen molar-refractivity contribution < 1.29 is 23.1 Å². The van der Waals surface area contributed by atoms with Gasteiger partial charge in [-0.25, -0.2) is 9.97 Å². The van der Waals surface area contributed by atoms with Crippen molar-refractivity contribution in [3.05, 3.63) is 63.9 Å². The van der Waals surface area contributed by atoms with Gasteiger partial charge in [-0.3, -0.25) is 9.69 Å². The number of nitrogens with zero attached hydrogens (tertiary/aromatic N) is 5. The number of amides is 1. The van der Waals surface area contributed by atoms with Gasteiger partial charge in [0.25, 0.3) is 5.91 Å². The third-order valence-electron chi connectivity index (χ3n) is 5.54. The third-order valence-corrected chi connectivity index (χ3v) is 6.17. The Bertz CT molecular complexity index is 1250. The fraction of sp³-hybridized carbons (Fsp3) is 0.304. The Morgan fingerprint density at radius 1 is 1.03 bits per heavy atom. The Balaban J connectivity index is 1.55. The van der Waals surface area contributed by atoms with Crippen LogP contribution in [0.3, 0.4) is 0 Å². The molecule has 1 aliphatic rings. The first kappa shape index (κ1) is 26.9. The van der Waals surface area contributed by atoms with Gasteiger partial charge in [-0.05, 0) is 18.2 Å². The number of rotatable bonds is 7. The summed E-state index contributed by atoms with van der Waals surface area (Å²) in [5.74, 6) is -0.593. The molecule has 0 spiro atoms. The number of hydrogen-bond donors (Lipinski definition) is 3. The quantitative estimate of drug-likeness (QED) is 0.396. The lowest BCUT2D eigenvalue weighted by atomic mass is 10.2. The summed E-state index contributed by atoms with van der Waals surface area (Å²) in [7, 11) is 0. The van der Waals surface area contributed by atoms with Gasteiger partial charge >= 0.3 is 6.18 Å². The van der Waals surface area contributed by atoms with Crippen molar-refractivity contribution in [2.45, 2.75) is 6.18 Å². The SMILES string of the molecule is O=C(Nc1ccnc(Nc2cc(C(F)(F)F)nc(N3CCN(CCO)CC3)n2)c1)c1c(Cl)cccc1Cl. The first-order valence-corrected chi connectivity index (χ1v) is 11.9. The first-order chi connectivity index (χ1) is 17.6. The molecule has 196 valence electrons. The van der Waals surface area contributed by atoms with Crippen LogP contribution in [0.1, 0.15) is 16.1 Å². The zero-order valence-electron chi connectivity index (χ0n) is 19.3. The summed E-state index contributed by atoms with van der Waals surface area (Å²) in [6, 6.07) is 8.40. The highest BCUT2D eigenvalue weighted by Gasteiger charge is 2.34. The van der Waals surface area contributed by atoms with E-state index < -0.39 is 17.8 Å². The van der Waals surface area contributed by atoms with Crippen molar-refractivity contribution in [3.8, 4) is 0 Å². The van der Waals surface area contributed by atoms with Crippen LogP contribution in [-0.4, -0.2) is 70.2 Å². The second-order valence-corrected chi connectivity index (χ2v) is 8.91. The lowest BCUT2D eigenvalue weighted by Gasteiger charge is -2.34. The first-order valence-electron chi connectivity index (χ1n) is 11.2. The van der Waals surface area contributed by atoms with Crippen molar-refractivity contribution in [2.24, 2.45) is 0 Å². The van der Waals surface area contributed by atoms with Crippen LogP contribution >= 0.6 is 23.2 Å². The number of aromatic nitrogens is 3. The normalized spacial score (nSPS) is 14.5. The molecule has 37 heavy (non-hydrogen) atoms. The second-order valence-electron chi connectivity index (χ2n) is 8.09. The fourth-order valence-electron chi connectivity index (χ4n) is 3.71. The van der Waals surface area contributed by atoms with E-state index in [0.29, 0.717) is 38.4 Å². The van der Waals surface area contributed by atoms with E-state index in [2.05, 4.69) is 25.6 Å². The molecular weight excluding hydrogens is 534 g/mol.